The minimum atomic E-state index is 0.119. The summed E-state index contributed by atoms with van der Waals surface area (Å²) < 4.78 is 6.89. The Balaban J connectivity index is 2.25. The van der Waals surface area contributed by atoms with Crippen molar-refractivity contribution in [3.8, 4) is 0 Å². The van der Waals surface area contributed by atoms with Gasteiger partial charge in [-0.1, -0.05) is 22.0 Å². The predicted molar refractivity (Wildman–Crippen MR) is 93.0 cm³/mol. The van der Waals surface area contributed by atoms with Crippen molar-refractivity contribution in [1.82, 2.24) is 5.32 Å². The van der Waals surface area contributed by atoms with Gasteiger partial charge in [-0.3, -0.25) is 0 Å². The van der Waals surface area contributed by atoms with E-state index in [-0.39, 0.29) is 11.6 Å². The summed E-state index contributed by atoms with van der Waals surface area (Å²) in [6.07, 6.45) is 0.281. The highest BCUT2D eigenvalue weighted by atomic mass is 79.9. The number of anilines is 1. The summed E-state index contributed by atoms with van der Waals surface area (Å²) in [5.74, 6) is 0. The summed E-state index contributed by atoms with van der Waals surface area (Å²) in [5, 5.41) is 3.59. The molecule has 118 valence electrons. The van der Waals surface area contributed by atoms with E-state index in [9.17, 15) is 0 Å². The molecule has 4 heteroatoms. The summed E-state index contributed by atoms with van der Waals surface area (Å²) in [6.45, 7) is 13.6. The highest BCUT2D eigenvalue weighted by Crippen LogP contribution is 2.29. The number of nitrogens with zero attached hydrogens (tertiary/aromatic N) is 1. The highest BCUT2D eigenvalue weighted by molar-refractivity contribution is 9.10. The van der Waals surface area contributed by atoms with E-state index in [1.807, 2.05) is 0 Å². The molecule has 1 aromatic rings. The number of morpholine rings is 1. The molecular weight excluding hydrogens is 328 g/mol. The Bertz CT molecular complexity index is 484. The Labute approximate surface area is 137 Å². The van der Waals surface area contributed by atoms with E-state index in [1.54, 1.807) is 0 Å². The Hall–Kier alpha value is -0.580. The summed E-state index contributed by atoms with van der Waals surface area (Å²) in [7, 11) is 0. The molecule has 0 bridgehead atoms. The molecule has 21 heavy (non-hydrogen) atoms. The number of nitrogens with one attached hydrogen (secondary N) is 1. The zero-order valence-corrected chi connectivity index (χ0v) is 15.3. The van der Waals surface area contributed by atoms with Gasteiger partial charge in [-0.05, 0) is 52.3 Å². The first-order valence-electron chi connectivity index (χ1n) is 7.68. The van der Waals surface area contributed by atoms with Crippen LogP contribution in [0.1, 0.15) is 40.2 Å². The first-order chi connectivity index (χ1) is 9.76. The third-order valence-corrected chi connectivity index (χ3v) is 4.27. The van der Waals surface area contributed by atoms with E-state index in [0.717, 1.165) is 24.2 Å². The van der Waals surface area contributed by atoms with Crippen LogP contribution in [0.4, 0.5) is 5.69 Å². The third-order valence-electron chi connectivity index (χ3n) is 3.77. The topological polar surface area (TPSA) is 24.5 Å². The third kappa shape index (κ3) is 4.70. The van der Waals surface area contributed by atoms with Crippen molar-refractivity contribution in [3.05, 3.63) is 28.2 Å². The van der Waals surface area contributed by atoms with Crippen LogP contribution >= 0.6 is 15.9 Å². The van der Waals surface area contributed by atoms with Crippen LogP contribution in [0.5, 0.6) is 0 Å². The zero-order valence-electron chi connectivity index (χ0n) is 13.7. The van der Waals surface area contributed by atoms with Crippen LogP contribution in [-0.4, -0.2) is 30.8 Å². The maximum Gasteiger partial charge on any atom is 0.0723 e. The average Bonchev–Trinajstić information content (AvgIpc) is 2.39. The van der Waals surface area contributed by atoms with E-state index < -0.39 is 0 Å². The van der Waals surface area contributed by atoms with Crippen LogP contribution in [0.3, 0.4) is 0 Å². The Morgan fingerprint density at radius 3 is 2.71 bits per heavy atom. The van der Waals surface area contributed by atoms with Gasteiger partial charge < -0.3 is 15.0 Å². The van der Waals surface area contributed by atoms with E-state index in [2.05, 4.69) is 79.0 Å². The normalized spacial score (nSPS) is 23.4. The molecule has 0 aliphatic carbocycles. The maximum atomic E-state index is 5.76. The van der Waals surface area contributed by atoms with Crippen LogP contribution in [-0.2, 0) is 11.3 Å². The highest BCUT2D eigenvalue weighted by Gasteiger charge is 2.25. The standard InChI is InChI=1S/C17H27BrN2O/c1-12-11-21-13(2)10-20(12)16-8-15(18)7-6-14(16)9-19-17(3,4)5/h6-8,12-13,19H,9-11H2,1-5H3. The molecule has 1 aromatic carbocycles. The van der Waals surface area contributed by atoms with Gasteiger partial charge in [-0.2, -0.15) is 0 Å². The number of hydrogen-bond acceptors (Lipinski definition) is 3. The number of rotatable bonds is 3. The van der Waals surface area contributed by atoms with E-state index >= 15 is 0 Å². The predicted octanol–water partition coefficient (Wildman–Crippen LogP) is 3.95. The molecule has 3 nitrogen and oxygen atoms in total. The van der Waals surface area contributed by atoms with Crippen LogP contribution in [0.15, 0.2) is 22.7 Å². The van der Waals surface area contributed by atoms with Gasteiger partial charge in [0.15, 0.2) is 0 Å². The molecule has 1 saturated heterocycles. The van der Waals surface area contributed by atoms with Crippen molar-refractivity contribution in [2.24, 2.45) is 0 Å². The van der Waals surface area contributed by atoms with Crippen LogP contribution < -0.4 is 10.2 Å². The fraction of sp³-hybridized carbons (Fsp3) is 0.647. The number of halogens is 1. The second-order valence-corrected chi connectivity index (χ2v) is 7.94. The van der Waals surface area contributed by atoms with Crippen LogP contribution in [0.2, 0.25) is 0 Å². The molecule has 1 fully saturated rings. The first-order valence-corrected chi connectivity index (χ1v) is 8.47. The van der Waals surface area contributed by atoms with E-state index in [1.165, 1.54) is 11.3 Å². The SMILES string of the molecule is CC1CN(c2cc(Br)ccc2CNC(C)(C)C)C(C)CO1. The van der Waals surface area contributed by atoms with Gasteiger partial charge in [-0.15, -0.1) is 0 Å². The largest absolute Gasteiger partial charge is 0.375 e. The second-order valence-electron chi connectivity index (χ2n) is 7.02. The fourth-order valence-corrected chi connectivity index (χ4v) is 2.90. The molecule has 1 aliphatic rings. The molecule has 2 unspecified atom stereocenters. The van der Waals surface area contributed by atoms with Gasteiger partial charge in [0, 0.05) is 34.8 Å². The molecular formula is C17H27BrN2O. The van der Waals surface area contributed by atoms with Gasteiger partial charge in [0.05, 0.1) is 12.7 Å². The van der Waals surface area contributed by atoms with Crippen LogP contribution in [0, 0.1) is 0 Å². The van der Waals surface area contributed by atoms with E-state index in [4.69, 9.17) is 4.74 Å². The molecule has 1 N–H and O–H groups in total. The van der Waals surface area contributed by atoms with Gasteiger partial charge in [0.2, 0.25) is 0 Å². The molecule has 2 rings (SSSR count). The number of hydrogen-bond donors (Lipinski definition) is 1. The minimum Gasteiger partial charge on any atom is -0.375 e. The Morgan fingerprint density at radius 2 is 2.05 bits per heavy atom. The number of ether oxygens (including phenoxy) is 1. The van der Waals surface area contributed by atoms with Crippen molar-refractivity contribution >= 4 is 21.6 Å². The summed E-state index contributed by atoms with van der Waals surface area (Å²) in [6, 6.07) is 6.97. The molecule has 1 aliphatic heterocycles. The summed E-state index contributed by atoms with van der Waals surface area (Å²) >= 11 is 3.61. The smallest absolute Gasteiger partial charge is 0.0723 e. The lowest BCUT2D eigenvalue weighted by molar-refractivity contribution is 0.0343. The van der Waals surface area contributed by atoms with Gasteiger partial charge >= 0.3 is 0 Å². The lowest BCUT2D eigenvalue weighted by Gasteiger charge is -2.40. The van der Waals surface area contributed by atoms with E-state index in [0.29, 0.717) is 6.04 Å². The average molecular weight is 355 g/mol. The van der Waals surface area contributed by atoms with Crippen molar-refractivity contribution in [2.45, 2.75) is 58.8 Å². The molecule has 0 amide bonds. The van der Waals surface area contributed by atoms with Gasteiger partial charge in [-0.25, -0.2) is 0 Å². The van der Waals surface area contributed by atoms with Gasteiger partial charge in [0.1, 0.15) is 0 Å². The molecule has 2 atom stereocenters. The maximum absolute atomic E-state index is 5.76. The van der Waals surface area contributed by atoms with Crippen molar-refractivity contribution in [2.75, 3.05) is 18.1 Å². The summed E-state index contributed by atoms with van der Waals surface area (Å²) in [4.78, 5) is 2.47. The monoisotopic (exact) mass is 354 g/mol. The molecule has 0 saturated carbocycles. The minimum absolute atomic E-state index is 0.119. The molecule has 1 heterocycles. The summed E-state index contributed by atoms with van der Waals surface area (Å²) in [5.41, 5.74) is 2.77. The molecule has 0 aromatic heterocycles. The lowest BCUT2D eigenvalue weighted by Crippen LogP contribution is -2.48. The number of benzene rings is 1. The Kier molecular flexibility index (Phi) is 5.33. The zero-order chi connectivity index (χ0) is 15.6. The van der Waals surface area contributed by atoms with Crippen molar-refractivity contribution < 1.29 is 4.74 Å². The fourth-order valence-electron chi connectivity index (χ4n) is 2.55. The van der Waals surface area contributed by atoms with Crippen molar-refractivity contribution in [1.29, 1.82) is 0 Å². The lowest BCUT2D eigenvalue weighted by atomic mass is 10.1. The first kappa shape index (κ1) is 16.8. The van der Waals surface area contributed by atoms with Gasteiger partial charge in [0.25, 0.3) is 0 Å². The quantitative estimate of drug-likeness (QED) is 0.889. The Morgan fingerprint density at radius 1 is 1.33 bits per heavy atom. The second kappa shape index (κ2) is 6.67. The molecule has 0 spiro atoms. The molecule has 0 radical (unpaired) electrons. The van der Waals surface area contributed by atoms with Crippen LogP contribution in [0.25, 0.3) is 0 Å². The van der Waals surface area contributed by atoms with Crippen molar-refractivity contribution in [3.63, 3.8) is 0 Å².